The molecule has 0 atom stereocenters. The second-order valence-corrected chi connectivity index (χ2v) is 2.66. The van der Waals surface area contributed by atoms with Crippen LogP contribution in [0, 0.1) is 12.3 Å². The Hall–Kier alpha value is -0.900. The maximum Gasteiger partial charge on any atom is 0.166 e. The molecule has 0 heterocycles. The molecule has 0 saturated heterocycles. The van der Waals surface area contributed by atoms with E-state index in [1.54, 1.807) is 0 Å². The summed E-state index contributed by atoms with van der Waals surface area (Å²) >= 11 is 0. The van der Waals surface area contributed by atoms with E-state index >= 15 is 0 Å². The van der Waals surface area contributed by atoms with Gasteiger partial charge in [0.15, 0.2) is 5.76 Å². The fourth-order valence-corrected chi connectivity index (χ4v) is 1.32. The summed E-state index contributed by atoms with van der Waals surface area (Å²) in [6.45, 7) is 0. The zero-order chi connectivity index (χ0) is 7.40. The standard InChI is InChI=1S/C9H12O/c1-2-9(10)8-6-4-3-5-7-8/h1,10H,3-7H2. The zero-order valence-electron chi connectivity index (χ0n) is 6.06. The molecular weight excluding hydrogens is 124 g/mol. The molecule has 54 valence electrons. The van der Waals surface area contributed by atoms with Gasteiger partial charge in [0, 0.05) is 0 Å². The molecule has 1 aliphatic carbocycles. The van der Waals surface area contributed by atoms with E-state index in [0.29, 0.717) is 0 Å². The summed E-state index contributed by atoms with van der Waals surface area (Å²) in [6, 6.07) is 0. The van der Waals surface area contributed by atoms with Crippen molar-refractivity contribution in [1.82, 2.24) is 0 Å². The lowest BCUT2D eigenvalue weighted by molar-refractivity contribution is 0.416. The minimum atomic E-state index is 0.180. The monoisotopic (exact) mass is 136 g/mol. The van der Waals surface area contributed by atoms with Crippen LogP contribution >= 0.6 is 0 Å². The van der Waals surface area contributed by atoms with Gasteiger partial charge in [-0.3, -0.25) is 0 Å². The lowest BCUT2D eigenvalue weighted by Crippen LogP contribution is -1.96. The number of terminal acetylenes is 1. The van der Waals surface area contributed by atoms with Crippen LogP contribution in [0.25, 0.3) is 0 Å². The molecule has 1 rings (SSSR count). The summed E-state index contributed by atoms with van der Waals surface area (Å²) in [5.41, 5.74) is 1.08. The maximum atomic E-state index is 9.13. The molecule has 0 unspecified atom stereocenters. The van der Waals surface area contributed by atoms with Crippen LogP contribution in [0.4, 0.5) is 0 Å². The Kier molecular flexibility index (Phi) is 2.39. The van der Waals surface area contributed by atoms with Crippen LogP contribution in [-0.2, 0) is 0 Å². The predicted molar refractivity (Wildman–Crippen MR) is 41.6 cm³/mol. The largest absolute Gasteiger partial charge is 0.501 e. The van der Waals surface area contributed by atoms with Gasteiger partial charge >= 0.3 is 0 Å². The Labute approximate surface area is 61.8 Å². The van der Waals surface area contributed by atoms with Crippen molar-refractivity contribution in [3.05, 3.63) is 11.3 Å². The first-order valence-corrected chi connectivity index (χ1v) is 3.72. The number of allylic oxidation sites excluding steroid dienone is 2. The molecule has 0 aromatic rings. The minimum Gasteiger partial charge on any atom is -0.501 e. The van der Waals surface area contributed by atoms with Gasteiger partial charge in [0.2, 0.25) is 0 Å². The quantitative estimate of drug-likeness (QED) is 0.400. The zero-order valence-corrected chi connectivity index (χ0v) is 6.06. The van der Waals surface area contributed by atoms with Crippen LogP contribution in [-0.4, -0.2) is 5.11 Å². The third kappa shape index (κ3) is 1.54. The van der Waals surface area contributed by atoms with Gasteiger partial charge in [-0.15, -0.1) is 6.42 Å². The second kappa shape index (κ2) is 3.31. The molecule has 1 N–H and O–H groups in total. The first kappa shape index (κ1) is 7.21. The van der Waals surface area contributed by atoms with Crippen LogP contribution in [0.5, 0.6) is 0 Å². The van der Waals surface area contributed by atoms with Crippen molar-refractivity contribution in [3.8, 4) is 12.3 Å². The van der Waals surface area contributed by atoms with Gasteiger partial charge in [-0.25, -0.2) is 0 Å². The van der Waals surface area contributed by atoms with E-state index in [4.69, 9.17) is 11.5 Å². The Morgan fingerprint density at radius 1 is 1.30 bits per heavy atom. The second-order valence-electron chi connectivity index (χ2n) is 2.66. The molecule has 0 radical (unpaired) electrons. The number of rotatable bonds is 0. The van der Waals surface area contributed by atoms with Crippen molar-refractivity contribution in [3.63, 3.8) is 0 Å². The van der Waals surface area contributed by atoms with Gasteiger partial charge in [0.25, 0.3) is 0 Å². The van der Waals surface area contributed by atoms with E-state index in [2.05, 4.69) is 5.92 Å². The average Bonchev–Trinajstić information content (AvgIpc) is 2.05. The lowest BCUT2D eigenvalue weighted by atomic mass is 9.94. The highest BCUT2D eigenvalue weighted by atomic mass is 16.3. The summed E-state index contributed by atoms with van der Waals surface area (Å²) < 4.78 is 0. The molecular formula is C9H12O. The molecule has 0 aromatic carbocycles. The molecule has 0 bridgehead atoms. The number of aliphatic hydroxyl groups is 1. The van der Waals surface area contributed by atoms with Crippen LogP contribution in [0.3, 0.4) is 0 Å². The Morgan fingerprint density at radius 2 is 1.90 bits per heavy atom. The summed E-state index contributed by atoms with van der Waals surface area (Å²) in [5, 5.41) is 9.13. The highest BCUT2D eigenvalue weighted by Crippen LogP contribution is 2.24. The molecule has 0 spiro atoms. The highest BCUT2D eigenvalue weighted by molar-refractivity contribution is 5.25. The summed E-state index contributed by atoms with van der Waals surface area (Å²) in [7, 11) is 0. The van der Waals surface area contributed by atoms with Gasteiger partial charge in [0.1, 0.15) is 0 Å². The van der Waals surface area contributed by atoms with Gasteiger partial charge in [-0.2, -0.15) is 0 Å². The van der Waals surface area contributed by atoms with E-state index in [1.807, 2.05) is 0 Å². The molecule has 1 fully saturated rings. The molecule has 0 aliphatic heterocycles. The van der Waals surface area contributed by atoms with Crippen molar-refractivity contribution in [2.75, 3.05) is 0 Å². The maximum absolute atomic E-state index is 9.13. The van der Waals surface area contributed by atoms with Crippen LogP contribution in [0.1, 0.15) is 32.1 Å². The van der Waals surface area contributed by atoms with Crippen LogP contribution < -0.4 is 0 Å². The number of hydrogen-bond acceptors (Lipinski definition) is 1. The Morgan fingerprint density at radius 3 is 2.40 bits per heavy atom. The van der Waals surface area contributed by atoms with Gasteiger partial charge < -0.3 is 5.11 Å². The van der Waals surface area contributed by atoms with Gasteiger partial charge in [0.05, 0.1) is 0 Å². The highest BCUT2D eigenvalue weighted by Gasteiger charge is 2.08. The van der Waals surface area contributed by atoms with Crippen LogP contribution in [0.15, 0.2) is 11.3 Å². The first-order chi connectivity index (χ1) is 4.84. The molecule has 1 heteroatoms. The fraction of sp³-hybridized carbons (Fsp3) is 0.556. The molecule has 1 aliphatic rings. The smallest absolute Gasteiger partial charge is 0.166 e. The van der Waals surface area contributed by atoms with Gasteiger partial charge in [-0.05, 0) is 37.2 Å². The van der Waals surface area contributed by atoms with E-state index in [1.165, 1.54) is 19.3 Å². The normalized spacial score (nSPS) is 18.1. The van der Waals surface area contributed by atoms with Crippen molar-refractivity contribution >= 4 is 0 Å². The van der Waals surface area contributed by atoms with Crippen molar-refractivity contribution in [1.29, 1.82) is 0 Å². The molecule has 0 amide bonds. The van der Waals surface area contributed by atoms with Crippen molar-refractivity contribution in [2.45, 2.75) is 32.1 Å². The number of hydrogen-bond donors (Lipinski definition) is 1. The molecule has 1 nitrogen and oxygen atoms in total. The van der Waals surface area contributed by atoms with E-state index in [9.17, 15) is 0 Å². The number of aliphatic hydroxyl groups excluding tert-OH is 1. The van der Waals surface area contributed by atoms with Gasteiger partial charge in [-0.1, -0.05) is 6.42 Å². The SMILES string of the molecule is C#CC(O)=C1CCCCC1. The van der Waals surface area contributed by atoms with Crippen LogP contribution in [0.2, 0.25) is 0 Å². The molecule has 1 saturated carbocycles. The minimum absolute atomic E-state index is 0.180. The Bertz CT molecular complexity index is 175. The topological polar surface area (TPSA) is 20.2 Å². The Balaban J connectivity index is 2.62. The fourth-order valence-electron chi connectivity index (χ4n) is 1.32. The van der Waals surface area contributed by atoms with Crippen molar-refractivity contribution < 1.29 is 5.11 Å². The summed E-state index contributed by atoms with van der Waals surface area (Å²) in [5.74, 6) is 2.45. The molecule has 0 aromatic heterocycles. The van der Waals surface area contributed by atoms with E-state index in [0.717, 1.165) is 18.4 Å². The van der Waals surface area contributed by atoms with Crippen molar-refractivity contribution in [2.24, 2.45) is 0 Å². The molecule has 10 heavy (non-hydrogen) atoms. The first-order valence-electron chi connectivity index (χ1n) is 3.72. The third-order valence-electron chi connectivity index (χ3n) is 1.93. The summed E-state index contributed by atoms with van der Waals surface area (Å²) in [6.07, 6.45) is 10.7. The summed E-state index contributed by atoms with van der Waals surface area (Å²) in [4.78, 5) is 0. The van der Waals surface area contributed by atoms with E-state index in [-0.39, 0.29) is 5.76 Å². The predicted octanol–water partition coefficient (Wildman–Crippen LogP) is 2.40. The third-order valence-corrected chi connectivity index (χ3v) is 1.93. The average molecular weight is 136 g/mol. The lowest BCUT2D eigenvalue weighted by Gasteiger charge is -2.12. The van der Waals surface area contributed by atoms with E-state index < -0.39 is 0 Å².